The Balaban J connectivity index is 0.00000211. The maximum absolute atomic E-state index is 13.3. The lowest BCUT2D eigenvalue weighted by Crippen LogP contribution is -2.12. The standard InChI is InChI=1S/C17H24FNO.CH3F/c1-6-17(19(5)10-13(3)14(4)18)16-8-7-15(11-20)9-12(16)2;1-2/h6-10,14,20H,11H2,1-5H3;1H3/b13-10+,17-6-;. The van der Waals surface area contributed by atoms with Crippen molar-refractivity contribution in [2.24, 2.45) is 0 Å². The highest BCUT2D eigenvalue weighted by Crippen LogP contribution is 2.24. The molecule has 124 valence electrons. The number of hydrogen-bond acceptors (Lipinski definition) is 2. The number of alkyl halides is 2. The number of halogens is 2. The third-order valence-electron chi connectivity index (χ3n) is 3.43. The van der Waals surface area contributed by atoms with Crippen LogP contribution in [0, 0.1) is 6.92 Å². The van der Waals surface area contributed by atoms with Crippen molar-refractivity contribution in [2.75, 3.05) is 14.2 Å². The molecule has 0 aliphatic heterocycles. The van der Waals surface area contributed by atoms with Crippen LogP contribution in [0.1, 0.15) is 37.5 Å². The zero-order valence-electron chi connectivity index (χ0n) is 14.3. The number of aliphatic hydroxyl groups is 1. The Morgan fingerprint density at radius 1 is 1.36 bits per heavy atom. The van der Waals surface area contributed by atoms with Crippen molar-refractivity contribution in [2.45, 2.75) is 40.5 Å². The first-order chi connectivity index (χ1) is 10.4. The van der Waals surface area contributed by atoms with Gasteiger partial charge in [-0.05, 0) is 44.4 Å². The fourth-order valence-electron chi connectivity index (χ4n) is 2.14. The molecule has 22 heavy (non-hydrogen) atoms. The monoisotopic (exact) mass is 311 g/mol. The third kappa shape index (κ3) is 5.60. The summed E-state index contributed by atoms with van der Waals surface area (Å²) in [6.07, 6.45) is 2.88. The van der Waals surface area contributed by atoms with Crippen LogP contribution in [0.4, 0.5) is 8.78 Å². The summed E-state index contributed by atoms with van der Waals surface area (Å²) in [5.74, 6) is 0. The van der Waals surface area contributed by atoms with Gasteiger partial charge in [-0.3, -0.25) is 4.39 Å². The van der Waals surface area contributed by atoms with Crippen LogP contribution in [-0.4, -0.2) is 30.4 Å². The van der Waals surface area contributed by atoms with Gasteiger partial charge in [-0.1, -0.05) is 24.3 Å². The zero-order valence-corrected chi connectivity index (χ0v) is 14.3. The van der Waals surface area contributed by atoms with Crippen molar-refractivity contribution in [3.63, 3.8) is 0 Å². The van der Waals surface area contributed by atoms with Gasteiger partial charge in [0.05, 0.1) is 13.8 Å². The molecular formula is C18H27F2NO. The molecule has 1 aromatic rings. The van der Waals surface area contributed by atoms with E-state index in [2.05, 4.69) is 0 Å². The predicted octanol–water partition coefficient (Wildman–Crippen LogP) is 4.63. The molecule has 1 aromatic carbocycles. The first-order valence-corrected chi connectivity index (χ1v) is 7.20. The summed E-state index contributed by atoms with van der Waals surface area (Å²) in [4.78, 5) is 1.94. The smallest absolute Gasteiger partial charge is 0.120 e. The topological polar surface area (TPSA) is 23.5 Å². The molecule has 0 saturated carbocycles. The lowest BCUT2D eigenvalue weighted by Gasteiger charge is -2.22. The average Bonchev–Trinajstić information content (AvgIpc) is 2.51. The first-order valence-electron chi connectivity index (χ1n) is 7.20. The fourth-order valence-corrected chi connectivity index (χ4v) is 2.14. The normalized spacial score (nSPS) is 13.3. The van der Waals surface area contributed by atoms with E-state index in [1.807, 2.05) is 56.3 Å². The first kappa shape index (κ1) is 20.3. The van der Waals surface area contributed by atoms with Gasteiger partial charge < -0.3 is 10.0 Å². The molecule has 1 N–H and O–H groups in total. The number of aliphatic hydroxyl groups excluding tert-OH is 1. The van der Waals surface area contributed by atoms with E-state index in [0.717, 1.165) is 22.4 Å². The summed E-state index contributed by atoms with van der Waals surface area (Å²) < 4.78 is 22.8. The SMILES string of the molecule is C/C=C(/c1ccc(CO)cc1C)N(C)/C=C(\C)C(C)F.CF. The highest BCUT2D eigenvalue weighted by Gasteiger charge is 2.10. The van der Waals surface area contributed by atoms with E-state index in [1.165, 1.54) is 6.92 Å². The van der Waals surface area contributed by atoms with Crippen molar-refractivity contribution in [1.82, 2.24) is 4.90 Å². The summed E-state index contributed by atoms with van der Waals surface area (Å²) >= 11 is 0. The van der Waals surface area contributed by atoms with Crippen LogP contribution >= 0.6 is 0 Å². The van der Waals surface area contributed by atoms with Crippen LogP contribution in [0.2, 0.25) is 0 Å². The van der Waals surface area contributed by atoms with E-state index in [4.69, 9.17) is 5.11 Å². The summed E-state index contributed by atoms with van der Waals surface area (Å²) in [7, 11) is 2.42. The maximum atomic E-state index is 13.3. The van der Waals surface area contributed by atoms with Crippen LogP contribution in [0.5, 0.6) is 0 Å². The largest absolute Gasteiger partial charge is 0.392 e. The van der Waals surface area contributed by atoms with Crippen LogP contribution in [0.15, 0.2) is 36.0 Å². The molecule has 1 atom stereocenters. The second kappa shape index (κ2) is 10.1. The van der Waals surface area contributed by atoms with Crippen molar-refractivity contribution >= 4 is 5.70 Å². The van der Waals surface area contributed by atoms with Gasteiger partial charge in [0.15, 0.2) is 0 Å². The Morgan fingerprint density at radius 2 is 1.95 bits per heavy atom. The Morgan fingerprint density at radius 3 is 2.36 bits per heavy atom. The van der Waals surface area contributed by atoms with Gasteiger partial charge in [0.25, 0.3) is 0 Å². The number of nitrogens with zero attached hydrogens (tertiary/aromatic N) is 1. The van der Waals surface area contributed by atoms with E-state index >= 15 is 0 Å². The minimum absolute atomic E-state index is 0.0422. The maximum Gasteiger partial charge on any atom is 0.120 e. The Hall–Kier alpha value is -1.68. The van der Waals surface area contributed by atoms with E-state index in [0.29, 0.717) is 12.8 Å². The molecule has 0 radical (unpaired) electrons. The van der Waals surface area contributed by atoms with Gasteiger partial charge in [-0.25, -0.2) is 4.39 Å². The van der Waals surface area contributed by atoms with Gasteiger partial charge in [0, 0.05) is 24.5 Å². The molecule has 0 heterocycles. The van der Waals surface area contributed by atoms with Crippen molar-refractivity contribution < 1.29 is 13.9 Å². The Kier molecular flexibility index (Phi) is 9.34. The molecule has 0 aliphatic carbocycles. The Labute approximate surface area is 132 Å². The number of rotatable bonds is 5. The van der Waals surface area contributed by atoms with E-state index < -0.39 is 6.17 Å². The molecule has 0 aliphatic rings. The lowest BCUT2D eigenvalue weighted by molar-refractivity contribution is 0.282. The molecule has 0 aromatic heterocycles. The van der Waals surface area contributed by atoms with E-state index in [1.54, 1.807) is 6.92 Å². The molecule has 2 nitrogen and oxygen atoms in total. The molecule has 0 spiro atoms. The lowest BCUT2D eigenvalue weighted by atomic mass is 10.0. The van der Waals surface area contributed by atoms with Gasteiger partial charge >= 0.3 is 0 Å². The van der Waals surface area contributed by atoms with Crippen LogP contribution in [0.25, 0.3) is 5.70 Å². The molecule has 0 amide bonds. The molecule has 4 heteroatoms. The number of benzene rings is 1. The quantitative estimate of drug-likeness (QED) is 0.857. The Bertz CT molecular complexity index is 522. The minimum Gasteiger partial charge on any atom is -0.392 e. The van der Waals surface area contributed by atoms with E-state index in [9.17, 15) is 8.78 Å². The molecule has 0 saturated heterocycles. The molecule has 1 unspecified atom stereocenters. The molecule has 1 rings (SSSR count). The second-order valence-corrected chi connectivity index (χ2v) is 5.08. The number of hydrogen-bond donors (Lipinski definition) is 1. The predicted molar refractivity (Wildman–Crippen MR) is 89.9 cm³/mol. The highest BCUT2D eigenvalue weighted by atomic mass is 19.1. The van der Waals surface area contributed by atoms with Crippen LogP contribution < -0.4 is 0 Å². The third-order valence-corrected chi connectivity index (χ3v) is 3.43. The van der Waals surface area contributed by atoms with Crippen molar-refractivity contribution in [3.05, 3.63) is 52.7 Å². The van der Waals surface area contributed by atoms with Crippen LogP contribution in [0.3, 0.4) is 0 Å². The minimum atomic E-state index is -0.951. The van der Waals surface area contributed by atoms with Crippen molar-refractivity contribution in [1.29, 1.82) is 0 Å². The average molecular weight is 311 g/mol. The number of allylic oxidation sites excluding steroid dienone is 2. The van der Waals surface area contributed by atoms with E-state index in [-0.39, 0.29) is 6.61 Å². The summed E-state index contributed by atoms with van der Waals surface area (Å²) in [6, 6.07) is 5.88. The van der Waals surface area contributed by atoms with Gasteiger partial charge in [0.1, 0.15) is 6.17 Å². The summed E-state index contributed by atoms with van der Waals surface area (Å²) in [5.41, 5.74) is 4.79. The molecular weight excluding hydrogens is 284 g/mol. The van der Waals surface area contributed by atoms with Crippen LogP contribution in [-0.2, 0) is 6.61 Å². The molecule has 0 fully saturated rings. The van der Waals surface area contributed by atoms with Crippen molar-refractivity contribution in [3.8, 4) is 0 Å². The fraction of sp³-hybridized carbons (Fsp3) is 0.444. The van der Waals surface area contributed by atoms with Gasteiger partial charge in [-0.2, -0.15) is 0 Å². The summed E-state index contributed by atoms with van der Waals surface area (Å²) in [6.45, 7) is 7.35. The molecule has 0 bridgehead atoms. The van der Waals surface area contributed by atoms with Gasteiger partial charge in [0.2, 0.25) is 0 Å². The zero-order chi connectivity index (χ0) is 17.3. The summed E-state index contributed by atoms with van der Waals surface area (Å²) in [5, 5.41) is 9.16. The second-order valence-electron chi connectivity index (χ2n) is 5.08. The number of aryl methyl sites for hydroxylation is 1. The van der Waals surface area contributed by atoms with Gasteiger partial charge in [-0.15, -0.1) is 0 Å². The highest BCUT2D eigenvalue weighted by molar-refractivity contribution is 5.67.